The van der Waals surface area contributed by atoms with E-state index >= 15 is 0 Å². The van der Waals surface area contributed by atoms with Crippen molar-refractivity contribution < 1.29 is 4.74 Å². The largest absolute Gasteiger partial charge is 0.381 e. The molecule has 0 spiro atoms. The summed E-state index contributed by atoms with van der Waals surface area (Å²) < 4.78 is 5.96. The first-order valence-electron chi connectivity index (χ1n) is 17.0. The number of hydrogen-bond acceptors (Lipinski definition) is 2. The van der Waals surface area contributed by atoms with E-state index in [1.807, 2.05) is 0 Å². The molecule has 0 aliphatic rings. The first kappa shape index (κ1) is 39.7. The lowest BCUT2D eigenvalue weighted by atomic mass is 9.79. The maximum Gasteiger partial charge on any atom is 0.0514 e. The number of rotatable bonds is 20. The average Bonchev–Trinajstić information content (AvgIpc) is 2.76. The molecule has 0 aromatic rings. The van der Waals surface area contributed by atoms with Crippen LogP contribution >= 0.6 is 0 Å². The number of ether oxygens (including phenoxy) is 1. The molecule has 0 rings (SSSR count). The summed E-state index contributed by atoms with van der Waals surface area (Å²) in [6.45, 7) is 39.9. The Morgan fingerprint density at radius 3 is 1.77 bits per heavy atom. The van der Waals surface area contributed by atoms with Crippen molar-refractivity contribution in [1.29, 1.82) is 0 Å². The fraction of sp³-hybridized carbons (Fsp3) is 0.947. The summed E-state index contributed by atoms with van der Waals surface area (Å²) in [5.74, 6) is 1.57. The summed E-state index contributed by atoms with van der Waals surface area (Å²) in [6.07, 6.45) is 17.5. The molecule has 0 radical (unpaired) electrons. The molecule has 40 heavy (non-hydrogen) atoms. The Kier molecular flexibility index (Phi) is 17.5. The second kappa shape index (κ2) is 17.7. The molecule has 0 bridgehead atoms. The molecule has 0 aromatic heterocycles. The highest BCUT2D eigenvalue weighted by Gasteiger charge is 2.30. The van der Waals surface area contributed by atoms with Crippen LogP contribution in [0.2, 0.25) is 0 Å². The lowest BCUT2D eigenvalue weighted by Crippen LogP contribution is -2.46. The molecule has 0 N–H and O–H groups in total. The van der Waals surface area contributed by atoms with Gasteiger partial charge >= 0.3 is 0 Å². The Morgan fingerprint density at radius 1 is 0.625 bits per heavy atom. The third-order valence-electron chi connectivity index (χ3n) is 8.78. The van der Waals surface area contributed by atoms with E-state index < -0.39 is 0 Å². The SMILES string of the molecule is CC(CCC/C=C/C(C)(C)C)C(C)CCN(CCCC(C)(C)C)C(C)(C)CCC(C)(C)CCCOCC(C)(C)C. The predicted molar refractivity (Wildman–Crippen MR) is 182 cm³/mol. The molecule has 2 atom stereocenters. The molecule has 0 saturated heterocycles. The van der Waals surface area contributed by atoms with Crippen LogP contribution in [-0.2, 0) is 4.74 Å². The fourth-order valence-electron chi connectivity index (χ4n) is 5.40. The first-order chi connectivity index (χ1) is 18.0. The average molecular weight is 564 g/mol. The van der Waals surface area contributed by atoms with Gasteiger partial charge in [0.2, 0.25) is 0 Å². The third kappa shape index (κ3) is 22.3. The van der Waals surface area contributed by atoms with Crippen LogP contribution < -0.4 is 0 Å². The summed E-state index contributed by atoms with van der Waals surface area (Å²) in [5, 5.41) is 0. The molecule has 0 amide bonds. The quantitative estimate of drug-likeness (QED) is 0.108. The van der Waals surface area contributed by atoms with Gasteiger partial charge in [0.15, 0.2) is 0 Å². The van der Waals surface area contributed by atoms with E-state index in [1.165, 1.54) is 77.3 Å². The van der Waals surface area contributed by atoms with E-state index in [9.17, 15) is 0 Å². The van der Waals surface area contributed by atoms with Gasteiger partial charge in [0.1, 0.15) is 0 Å². The van der Waals surface area contributed by atoms with Gasteiger partial charge in [0.05, 0.1) is 6.61 Å². The van der Waals surface area contributed by atoms with Crippen LogP contribution in [0.3, 0.4) is 0 Å². The monoisotopic (exact) mass is 564 g/mol. The normalized spacial score (nSPS) is 15.8. The van der Waals surface area contributed by atoms with Crippen LogP contribution in [0, 0.1) is 33.5 Å². The van der Waals surface area contributed by atoms with Gasteiger partial charge in [0.25, 0.3) is 0 Å². The second-order valence-corrected chi connectivity index (χ2v) is 18.3. The third-order valence-corrected chi connectivity index (χ3v) is 8.78. The Hall–Kier alpha value is -0.340. The molecule has 0 fully saturated rings. The lowest BCUT2D eigenvalue weighted by Gasteiger charge is -2.42. The van der Waals surface area contributed by atoms with Crippen molar-refractivity contribution in [2.75, 3.05) is 26.3 Å². The molecule has 0 aromatic carbocycles. The second-order valence-electron chi connectivity index (χ2n) is 18.3. The molecule has 0 saturated carbocycles. The number of unbranched alkanes of at least 4 members (excludes halogenated alkanes) is 1. The lowest BCUT2D eigenvalue weighted by molar-refractivity contribution is 0.0585. The summed E-state index contributed by atoms with van der Waals surface area (Å²) >= 11 is 0. The van der Waals surface area contributed by atoms with Crippen molar-refractivity contribution in [3.63, 3.8) is 0 Å². The minimum Gasteiger partial charge on any atom is -0.381 e. The molecular weight excluding hydrogens is 486 g/mol. The van der Waals surface area contributed by atoms with Crippen molar-refractivity contribution in [1.82, 2.24) is 4.90 Å². The highest BCUT2D eigenvalue weighted by molar-refractivity contribution is 4.92. The van der Waals surface area contributed by atoms with Crippen LogP contribution in [0.15, 0.2) is 12.2 Å². The van der Waals surface area contributed by atoms with Crippen LogP contribution in [0.25, 0.3) is 0 Å². The molecule has 2 unspecified atom stereocenters. The zero-order valence-electron chi connectivity index (χ0n) is 30.6. The Bertz CT molecular complexity index is 667. The standard InChI is InChI=1S/C38H77NO/c1-32(21-17-16-18-23-34(3,4)5)33(2)22-29-39(28-19-24-35(6,7)8)38(14,15)27-26-37(12,13)25-20-30-40-31-36(9,10)11/h18,23,32-33H,16-17,19-22,24-31H2,1-15H3/b23-18+. The molecule has 2 heteroatoms. The maximum atomic E-state index is 5.96. The van der Waals surface area contributed by atoms with Gasteiger partial charge < -0.3 is 4.74 Å². The molecular formula is C38H77NO. The molecule has 240 valence electrons. The Balaban J connectivity index is 4.95. The smallest absolute Gasteiger partial charge is 0.0514 e. The zero-order valence-corrected chi connectivity index (χ0v) is 30.6. The van der Waals surface area contributed by atoms with Crippen molar-refractivity contribution in [3.8, 4) is 0 Å². The van der Waals surface area contributed by atoms with E-state index in [2.05, 4.69) is 121 Å². The molecule has 0 heterocycles. The van der Waals surface area contributed by atoms with Crippen molar-refractivity contribution in [3.05, 3.63) is 12.2 Å². The van der Waals surface area contributed by atoms with E-state index in [0.717, 1.165) is 25.0 Å². The minimum absolute atomic E-state index is 0.235. The van der Waals surface area contributed by atoms with Crippen LogP contribution in [0.5, 0.6) is 0 Å². The van der Waals surface area contributed by atoms with Crippen LogP contribution in [0.1, 0.15) is 168 Å². The van der Waals surface area contributed by atoms with Gasteiger partial charge in [-0.15, -0.1) is 0 Å². The summed E-state index contributed by atoms with van der Waals surface area (Å²) in [7, 11) is 0. The van der Waals surface area contributed by atoms with Gasteiger partial charge in [0, 0.05) is 12.1 Å². The van der Waals surface area contributed by atoms with E-state index in [0.29, 0.717) is 16.2 Å². The number of nitrogens with zero attached hydrogens (tertiary/aromatic N) is 1. The van der Waals surface area contributed by atoms with Gasteiger partial charge in [-0.3, -0.25) is 4.90 Å². The van der Waals surface area contributed by atoms with Crippen LogP contribution in [0.4, 0.5) is 0 Å². The maximum absolute atomic E-state index is 5.96. The molecule has 2 nitrogen and oxygen atoms in total. The number of hydrogen-bond donors (Lipinski definition) is 0. The molecule has 0 aliphatic heterocycles. The van der Waals surface area contributed by atoms with Gasteiger partial charge in [-0.2, -0.15) is 0 Å². The van der Waals surface area contributed by atoms with Crippen LogP contribution in [-0.4, -0.2) is 36.7 Å². The predicted octanol–water partition coefficient (Wildman–Crippen LogP) is 12.0. The Labute approximate surface area is 254 Å². The Morgan fingerprint density at radius 2 is 1.23 bits per heavy atom. The summed E-state index contributed by atoms with van der Waals surface area (Å²) in [5.41, 5.74) is 1.57. The summed E-state index contributed by atoms with van der Waals surface area (Å²) in [4.78, 5) is 2.86. The van der Waals surface area contributed by atoms with Crippen molar-refractivity contribution in [2.24, 2.45) is 33.5 Å². The molecule has 0 aliphatic carbocycles. The highest BCUT2D eigenvalue weighted by Crippen LogP contribution is 2.34. The summed E-state index contributed by atoms with van der Waals surface area (Å²) in [6, 6.07) is 0. The van der Waals surface area contributed by atoms with Gasteiger partial charge in [-0.25, -0.2) is 0 Å². The van der Waals surface area contributed by atoms with Crippen molar-refractivity contribution in [2.45, 2.75) is 174 Å². The minimum atomic E-state index is 0.235. The van der Waals surface area contributed by atoms with E-state index in [1.54, 1.807) is 0 Å². The van der Waals surface area contributed by atoms with E-state index in [4.69, 9.17) is 4.74 Å². The van der Waals surface area contributed by atoms with Crippen molar-refractivity contribution >= 4 is 0 Å². The fourth-order valence-corrected chi connectivity index (χ4v) is 5.40. The topological polar surface area (TPSA) is 12.5 Å². The number of allylic oxidation sites excluding steroid dienone is 2. The van der Waals surface area contributed by atoms with Gasteiger partial charge in [-0.05, 0) is 118 Å². The first-order valence-corrected chi connectivity index (χ1v) is 17.0. The zero-order chi connectivity index (χ0) is 31.3. The highest BCUT2D eigenvalue weighted by atomic mass is 16.5. The van der Waals surface area contributed by atoms with Gasteiger partial charge in [-0.1, -0.05) is 109 Å². The van der Waals surface area contributed by atoms with E-state index in [-0.39, 0.29) is 11.0 Å².